The lowest BCUT2D eigenvalue weighted by Crippen LogP contribution is -2.35. The van der Waals surface area contributed by atoms with Crippen molar-refractivity contribution in [1.29, 1.82) is 0 Å². The second-order valence-electron chi connectivity index (χ2n) is 3.78. The molecular formula is C12H13BrF3NO. The largest absolute Gasteiger partial charge is 0.349 e. The van der Waals surface area contributed by atoms with Gasteiger partial charge in [-0.1, -0.05) is 22.9 Å². The SMILES string of the molecule is CCC(CCBr)NC(=O)c1ccc(F)c(F)c1F. The Morgan fingerprint density at radius 1 is 1.33 bits per heavy atom. The fraction of sp³-hybridized carbons (Fsp3) is 0.417. The van der Waals surface area contributed by atoms with Gasteiger partial charge in [-0.15, -0.1) is 0 Å². The molecule has 0 saturated heterocycles. The maximum Gasteiger partial charge on any atom is 0.254 e. The van der Waals surface area contributed by atoms with Gasteiger partial charge in [0.25, 0.3) is 5.91 Å². The average molecular weight is 324 g/mol. The minimum atomic E-state index is -1.63. The first kappa shape index (κ1) is 15.0. The van der Waals surface area contributed by atoms with Crippen molar-refractivity contribution >= 4 is 21.8 Å². The zero-order valence-electron chi connectivity index (χ0n) is 9.77. The molecule has 2 nitrogen and oxygen atoms in total. The summed E-state index contributed by atoms with van der Waals surface area (Å²) in [5.41, 5.74) is -0.484. The van der Waals surface area contributed by atoms with Crippen LogP contribution in [0, 0.1) is 17.5 Å². The Bertz CT molecular complexity index is 440. The van der Waals surface area contributed by atoms with Crippen molar-refractivity contribution in [2.24, 2.45) is 0 Å². The summed E-state index contributed by atoms with van der Waals surface area (Å²) in [4.78, 5) is 11.7. The van der Waals surface area contributed by atoms with Crippen LogP contribution in [-0.4, -0.2) is 17.3 Å². The van der Waals surface area contributed by atoms with Crippen molar-refractivity contribution in [2.45, 2.75) is 25.8 Å². The predicted molar refractivity (Wildman–Crippen MR) is 66.3 cm³/mol. The molecule has 1 N–H and O–H groups in total. The number of nitrogens with one attached hydrogen (secondary N) is 1. The normalized spacial score (nSPS) is 12.3. The second-order valence-corrected chi connectivity index (χ2v) is 4.57. The molecular weight excluding hydrogens is 311 g/mol. The van der Waals surface area contributed by atoms with Crippen LogP contribution >= 0.6 is 15.9 Å². The quantitative estimate of drug-likeness (QED) is 0.653. The van der Waals surface area contributed by atoms with Gasteiger partial charge in [0.05, 0.1) is 5.56 Å². The van der Waals surface area contributed by atoms with Crippen LogP contribution < -0.4 is 5.32 Å². The van der Waals surface area contributed by atoms with Gasteiger partial charge in [0.1, 0.15) is 0 Å². The average Bonchev–Trinajstić information content (AvgIpc) is 2.35. The van der Waals surface area contributed by atoms with E-state index in [2.05, 4.69) is 21.2 Å². The highest BCUT2D eigenvalue weighted by atomic mass is 79.9. The minimum absolute atomic E-state index is 0.135. The van der Waals surface area contributed by atoms with Crippen LogP contribution in [0.25, 0.3) is 0 Å². The zero-order valence-corrected chi connectivity index (χ0v) is 11.4. The molecule has 1 atom stereocenters. The van der Waals surface area contributed by atoms with Gasteiger partial charge in [0, 0.05) is 11.4 Å². The third-order valence-electron chi connectivity index (χ3n) is 2.57. The summed E-state index contributed by atoms with van der Waals surface area (Å²) < 4.78 is 39.1. The highest BCUT2D eigenvalue weighted by molar-refractivity contribution is 9.09. The maximum atomic E-state index is 13.4. The van der Waals surface area contributed by atoms with Crippen LogP contribution in [0.4, 0.5) is 13.2 Å². The first-order valence-corrected chi connectivity index (χ1v) is 6.63. The first-order valence-electron chi connectivity index (χ1n) is 5.51. The number of halogens is 4. The molecule has 6 heteroatoms. The van der Waals surface area contributed by atoms with Gasteiger partial charge in [0.2, 0.25) is 0 Å². The molecule has 1 amide bonds. The topological polar surface area (TPSA) is 29.1 Å². The molecule has 0 radical (unpaired) electrons. The molecule has 0 aromatic heterocycles. The molecule has 0 bridgehead atoms. The van der Waals surface area contributed by atoms with Crippen LogP contribution in [0.3, 0.4) is 0 Å². The zero-order chi connectivity index (χ0) is 13.7. The van der Waals surface area contributed by atoms with Gasteiger partial charge in [-0.2, -0.15) is 0 Å². The van der Waals surface area contributed by atoms with Gasteiger partial charge >= 0.3 is 0 Å². The Balaban J connectivity index is 2.87. The predicted octanol–water partition coefficient (Wildman–Crippen LogP) is 3.40. The van der Waals surface area contributed by atoms with Gasteiger partial charge in [-0.3, -0.25) is 4.79 Å². The third kappa shape index (κ3) is 3.48. The van der Waals surface area contributed by atoms with Crippen molar-refractivity contribution in [2.75, 3.05) is 5.33 Å². The lowest BCUT2D eigenvalue weighted by molar-refractivity contribution is 0.0930. The van der Waals surface area contributed by atoms with E-state index in [0.29, 0.717) is 18.2 Å². The molecule has 0 fully saturated rings. The first-order chi connectivity index (χ1) is 8.51. The van der Waals surface area contributed by atoms with E-state index in [0.717, 1.165) is 12.1 Å². The molecule has 1 aromatic rings. The van der Waals surface area contributed by atoms with Crippen LogP contribution in [0.1, 0.15) is 30.1 Å². The number of alkyl halides is 1. The highest BCUT2D eigenvalue weighted by Crippen LogP contribution is 2.15. The Kier molecular flexibility index (Phi) is 5.65. The molecule has 18 heavy (non-hydrogen) atoms. The number of hydrogen-bond donors (Lipinski definition) is 1. The van der Waals surface area contributed by atoms with E-state index in [1.807, 2.05) is 6.92 Å². The Morgan fingerprint density at radius 3 is 2.56 bits per heavy atom. The number of carbonyl (C=O) groups excluding carboxylic acids is 1. The summed E-state index contributed by atoms with van der Waals surface area (Å²) in [6, 6.07) is 1.53. The lowest BCUT2D eigenvalue weighted by Gasteiger charge is -2.16. The van der Waals surface area contributed by atoms with Gasteiger partial charge in [-0.05, 0) is 25.0 Å². The smallest absolute Gasteiger partial charge is 0.254 e. The van der Waals surface area contributed by atoms with E-state index in [4.69, 9.17) is 0 Å². The Hall–Kier alpha value is -1.04. The maximum absolute atomic E-state index is 13.4. The van der Waals surface area contributed by atoms with E-state index in [-0.39, 0.29) is 6.04 Å². The van der Waals surface area contributed by atoms with E-state index in [9.17, 15) is 18.0 Å². The lowest BCUT2D eigenvalue weighted by atomic mass is 10.1. The molecule has 0 spiro atoms. The van der Waals surface area contributed by atoms with Crippen LogP contribution in [0.2, 0.25) is 0 Å². The summed E-state index contributed by atoms with van der Waals surface area (Å²) in [7, 11) is 0. The highest BCUT2D eigenvalue weighted by Gasteiger charge is 2.20. The molecule has 100 valence electrons. The second kappa shape index (κ2) is 6.78. The molecule has 1 aromatic carbocycles. The van der Waals surface area contributed by atoms with Crippen molar-refractivity contribution in [3.8, 4) is 0 Å². The summed E-state index contributed by atoms with van der Waals surface area (Å²) in [6.45, 7) is 1.87. The third-order valence-corrected chi connectivity index (χ3v) is 3.02. The molecule has 0 heterocycles. The molecule has 0 aliphatic rings. The van der Waals surface area contributed by atoms with Gasteiger partial charge < -0.3 is 5.32 Å². The molecule has 0 saturated carbocycles. The van der Waals surface area contributed by atoms with Crippen molar-refractivity contribution in [1.82, 2.24) is 5.32 Å². The molecule has 0 aliphatic heterocycles. The van der Waals surface area contributed by atoms with E-state index >= 15 is 0 Å². The summed E-state index contributed by atoms with van der Waals surface area (Å²) in [5.74, 6) is -5.13. The Labute approximate surface area is 112 Å². The van der Waals surface area contributed by atoms with Crippen LogP contribution in [-0.2, 0) is 0 Å². The van der Waals surface area contributed by atoms with Crippen LogP contribution in [0.5, 0.6) is 0 Å². The van der Waals surface area contributed by atoms with E-state index in [1.54, 1.807) is 0 Å². The fourth-order valence-electron chi connectivity index (χ4n) is 1.47. The monoisotopic (exact) mass is 323 g/mol. The number of rotatable bonds is 5. The molecule has 0 aliphatic carbocycles. The standard InChI is InChI=1S/C12H13BrF3NO/c1-2-7(5-6-13)17-12(18)8-3-4-9(14)11(16)10(8)15/h3-4,7H,2,5-6H2,1H3,(H,17,18). The summed E-state index contributed by atoms with van der Waals surface area (Å²) in [6.07, 6.45) is 1.34. The molecule has 1 unspecified atom stereocenters. The van der Waals surface area contributed by atoms with Crippen molar-refractivity contribution < 1.29 is 18.0 Å². The van der Waals surface area contributed by atoms with E-state index < -0.39 is 28.9 Å². The number of carbonyl (C=O) groups is 1. The Morgan fingerprint density at radius 2 is 2.00 bits per heavy atom. The fourth-order valence-corrected chi connectivity index (χ4v) is 2.03. The summed E-state index contributed by atoms with van der Waals surface area (Å²) >= 11 is 3.24. The van der Waals surface area contributed by atoms with E-state index in [1.165, 1.54) is 0 Å². The minimum Gasteiger partial charge on any atom is -0.349 e. The van der Waals surface area contributed by atoms with Gasteiger partial charge in [0.15, 0.2) is 17.5 Å². The summed E-state index contributed by atoms with van der Waals surface area (Å²) in [5, 5.41) is 3.26. The van der Waals surface area contributed by atoms with Crippen molar-refractivity contribution in [3.63, 3.8) is 0 Å². The number of benzene rings is 1. The number of hydrogen-bond acceptors (Lipinski definition) is 1. The van der Waals surface area contributed by atoms with Crippen LogP contribution in [0.15, 0.2) is 12.1 Å². The number of amides is 1. The molecule has 1 rings (SSSR count). The van der Waals surface area contributed by atoms with Crippen molar-refractivity contribution in [3.05, 3.63) is 35.1 Å². The van der Waals surface area contributed by atoms with Gasteiger partial charge in [-0.25, -0.2) is 13.2 Å².